The number of para-hydroxylation sites is 1. The molecule has 0 spiro atoms. The molecule has 9 nitrogen and oxygen atoms in total. The molecule has 1 atom stereocenters. The number of fused-ring (bicyclic) bond motifs is 6. The van der Waals surface area contributed by atoms with E-state index in [-0.39, 0.29) is 6.17 Å². The second-order valence-electron chi connectivity index (χ2n) is 5.11. The Hall–Kier alpha value is -3.67. The van der Waals surface area contributed by atoms with Crippen LogP contribution in [0.4, 0.5) is 11.6 Å². The zero-order chi connectivity index (χ0) is 15.4. The number of nitriles is 1. The van der Waals surface area contributed by atoms with E-state index in [0.717, 1.165) is 21.8 Å². The van der Waals surface area contributed by atoms with E-state index in [9.17, 15) is 5.26 Å². The molecule has 2 aliphatic heterocycles. The van der Waals surface area contributed by atoms with Crippen molar-refractivity contribution in [2.45, 2.75) is 6.17 Å². The maximum absolute atomic E-state index is 9.18. The Balaban J connectivity index is 1.71. The first-order chi connectivity index (χ1) is 11.4. The quantitative estimate of drug-likeness (QED) is 0.668. The Bertz CT molecular complexity index is 976. The molecule has 9 heteroatoms. The molecule has 0 saturated carbocycles. The minimum Gasteiger partial charge on any atom is -0.284 e. The number of hydrogen-bond acceptors (Lipinski definition) is 7. The zero-order valence-electron chi connectivity index (χ0n) is 11.7. The van der Waals surface area contributed by atoms with Crippen molar-refractivity contribution in [1.82, 2.24) is 24.5 Å². The number of hydrogen-bond donors (Lipinski definition) is 0. The van der Waals surface area contributed by atoms with Gasteiger partial charge in [-0.05, 0) is 6.07 Å². The molecule has 23 heavy (non-hydrogen) atoms. The van der Waals surface area contributed by atoms with Crippen molar-refractivity contribution in [1.29, 1.82) is 5.26 Å². The molecule has 4 heterocycles. The molecule has 2 aromatic heterocycles. The Morgan fingerprint density at radius 3 is 2.96 bits per heavy atom. The van der Waals surface area contributed by atoms with Crippen molar-refractivity contribution in [2.75, 3.05) is 10.0 Å². The van der Waals surface area contributed by atoms with Gasteiger partial charge in [0.15, 0.2) is 17.8 Å². The van der Waals surface area contributed by atoms with Crippen LogP contribution >= 0.6 is 0 Å². The summed E-state index contributed by atoms with van der Waals surface area (Å²) in [4.78, 5) is 8.86. The lowest BCUT2D eigenvalue weighted by Gasteiger charge is -2.36. The summed E-state index contributed by atoms with van der Waals surface area (Å²) in [6.07, 6.45) is 8.50. The zero-order valence-corrected chi connectivity index (χ0v) is 11.7. The van der Waals surface area contributed by atoms with E-state index in [2.05, 4.69) is 20.3 Å². The molecule has 1 aromatic carbocycles. The lowest BCUT2D eigenvalue weighted by molar-refractivity contribution is 0.652. The fourth-order valence-corrected chi connectivity index (χ4v) is 3.01. The van der Waals surface area contributed by atoms with E-state index >= 15 is 0 Å². The van der Waals surface area contributed by atoms with Gasteiger partial charge in [0.1, 0.15) is 12.7 Å². The van der Waals surface area contributed by atoms with Crippen LogP contribution in [0.2, 0.25) is 0 Å². The van der Waals surface area contributed by atoms with E-state index in [0.29, 0.717) is 5.82 Å². The summed E-state index contributed by atoms with van der Waals surface area (Å²) >= 11 is 0. The summed E-state index contributed by atoms with van der Waals surface area (Å²) in [5.41, 5.74) is 2.11. The Morgan fingerprint density at radius 1 is 1.13 bits per heavy atom. The highest BCUT2D eigenvalue weighted by Gasteiger charge is 2.39. The van der Waals surface area contributed by atoms with Crippen LogP contribution in [-0.2, 0) is 0 Å². The maximum atomic E-state index is 9.18. The van der Waals surface area contributed by atoms with Crippen LogP contribution in [0.5, 0.6) is 0 Å². The minimum atomic E-state index is -0.211. The summed E-state index contributed by atoms with van der Waals surface area (Å²) in [7, 11) is 0. The van der Waals surface area contributed by atoms with Gasteiger partial charge in [0, 0.05) is 5.56 Å². The van der Waals surface area contributed by atoms with Crippen LogP contribution in [0.3, 0.4) is 0 Å². The highest BCUT2D eigenvalue weighted by atomic mass is 15.7. The summed E-state index contributed by atoms with van der Waals surface area (Å²) in [5, 5.41) is 20.5. The van der Waals surface area contributed by atoms with E-state index in [4.69, 9.17) is 0 Å². The summed E-state index contributed by atoms with van der Waals surface area (Å²) < 4.78 is 3.14. The minimum absolute atomic E-state index is 0.211. The number of aromatic nitrogens is 5. The average molecular weight is 303 g/mol. The molecule has 3 aromatic rings. The molecule has 0 N–H and O–H groups in total. The lowest BCUT2D eigenvalue weighted by Crippen LogP contribution is -2.43. The van der Waals surface area contributed by atoms with Crippen LogP contribution in [0.25, 0.3) is 5.69 Å². The number of aliphatic imine (C=N–C) groups is 1. The SMILES string of the molecule is N#Cn1nncc1N1C=NC2c3ccccc3-n3cncc3N21. The molecule has 0 bridgehead atoms. The number of hydrazine groups is 1. The van der Waals surface area contributed by atoms with E-state index in [1.54, 1.807) is 23.9 Å². The first-order valence-electron chi connectivity index (χ1n) is 6.92. The predicted molar refractivity (Wildman–Crippen MR) is 80.8 cm³/mol. The molecule has 0 amide bonds. The van der Waals surface area contributed by atoms with Gasteiger partial charge < -0.3 is 0 Å². The van der Waals surface area contributed by atoms with Crippen LogP contribution in [-0.4, -0.2) is 30.9 Å². The van der Waals surface area contributed by atoms with Crippen molar-refractivity contribution in [2.24, 2.45) is 4.99 Å². The number of nitrogens with zero attached hydrogens (tertiary/aromatic N) is 9. The third-order valence-electron chi connectivity index (χ3n) is 3.97. The molecule has 110 valence electrons. The van der Waals surface area contributed by atoms with Crippen LogP contribution in [0.15, 0.2) is 48.0 Å². The van der Waals surface area contributed by atoms with E-state index < -0.39 is 0 Å². The van der Waals surface area contributed by atoms with Gasteiger partial charge in [-0.2, -0.15) is 5.26 Å². The van der Waals surface area contributed by atoms with Gasteiger partial charge in [-0.3, -0.25) is 4.57 Å². The second-order valence-corrected chi connectivity index (χ2v) is 5.11. The van der Waals surface area contributed by atoms with Crippen molar-refractivity contribution >= 4 is 18.0 Å². The Labute approximate surface area is 130 Å². The highest BCUT2D eigenvalue weighted by Crippen LogP contribution is 2.42. The fourth-order valence-electron chi connectivity index (χ4n) is 3.01. The number of rotatable bonds is 1. The molecule has 1 unspecified atom stereocenters. The van der Waals surface area contributed by atoms with Gasteiger partial charge in [0.2, 0.25) is 6.19 Å². The fraction of sp³-hybridized carbons (Fsp3) is 0.0714. The first kappa shape index (κ1) is 11.9. The largest absolute Gasteiger partial charge is 0.284 e. The Morgan fingerprint density at radius 2 is 2.04 bits per heavy atom. The van der Waals surface area contributed by atoms with Crippen molar-refractivity contribution < 1.29 is 0 Å². The topological polar surface area (TPSA) is 91.2 Å². The van der Waals surface area contributed by atoms with Crippen LogP contribution in [0.1, 0.15) is 11.7 Å². The third kappa shape index (κ3) is 1.44. The van der Waals surface area contributed by atoms with Gasteiger partial charge in [0.25, 0.3) is 0 Å². The molecular weight excluding hydrogens is 294 g/mol. The van der Waals surface area contributed by atoms with Crippen molar-refractivity contribution in [3.05, 3.63) is 48.5 Å². The lowest BCUT2D eigenvalue weighted by atomic mass is 10.1. The predicted octanol–water partition coefficient (Wildman–Crippen LogP) is 1.08. The molecular formula is C14H9N9. The number of anilines is 2. The highest BCUT2D eigenvalue weighted by molar-refractivity contribution is 5.86. The molecule has 0 fully saturated rings. The molecule has 2 aliphatic rings. The van der Waals surface area contributed by atoms with E-state index in [1.165, 1.54) is 6.20 Å². The summed E-state index contributed by atoms with van der Waals surface area (Å²) in [6, 6.07) is 8.05. The average Bonchev–Trinajstić information content (AvgIpc) is 3.31. The standard InChI is InChI=1S/C14H9N9/c15-7-21-13(6-18-19-21)22-9-17-14-10-3-1-2-4-11(10)20-8-16-5-12(20)23(14)22/h1-6,8-9,14H. The normalized spacial score (nSPS) is 17.6. The maximum Gasteiger partial charge on any atom is 0.210 e. The van der Waals surface area contributed by atoms with Gasteiger partial charge in [-0.25, -0.2) is 20.0 Å². The molecule has 0 radical (unpaired) electrons. The van der Waals surface area contributed by atoms with Gasteiger partial charge >= 0.3 is 0 Å². The van der Waals surface area contributed by atoms with Gasteiger partial charge in [0.05, 0.1) is 18.1 Å². The molecule has 5 rings (SSSR count). The monoisotopic (exact) mass is 303 g/mol. The summed E-state index contributed by atoms with van der Waals surface area (Å²) in [5.74, 6) is 1.38. The van der Waals surface area contributed by atoms with Crippen LogP contribution in [0, 0.1) is 11.5 Å². The van der Waals surface area contributed by atoms with Crippen molar-refractivity contribution in [3.63, 3.8) is 0 Å². The molecule has 0 saturated heterocycles. The van der Waals surface area contributed by atoms with Gasteiger partial charge in [-0.1, -0.05) is 23.4 Å². The van der Waals surface area contributed by atoms with Gasteiger partial charge in [-0.15, -0.1) is 9.78 Å². The van der Waals surface area contributed by atoms with Crippen molar-refractivity contribution in [3.8, 4) is 11.9 Å². The molecule has 0 aliphatic carbocycles. The number of benzene rings is 1. The number of imidazole rings is 1. The van der Waals surface area contributed by atoms with Crippen LogP contribution < -0.4 is 10.0 Å². The Kier molecular flexibility index (Phi) is 2.16. The van der Waals surface area contributed by atoms with E-state index in [1.807, 2.05) is 40.0 Å². The first-order valence-corrected chi connectivity index (χ1v) is 6.92. The third-order valence-corrected chi connectivity index (χ3v) is 3.97. The summed E-state index contributed by atoms with van der Waals surface area (Å²) in [6.45, 7) is 0. The smallest absolute Gasteiger partial charge is 0.210 e. The second kappa shape index (κ2) is 4.17.